The third-order valence-electron chi connectivity index (χ3n) is 3.38. The first-order chi connectivity index (χ1) is 9.15. The molecule has 0 atom stereocenters. The lowest BCUT2D eigenvalue weighted by Gasteiger charge is -2.12. The highest BCUT2D eigenvalue weighted by molar-refractivity contribution is 5.65. The minimum Gasteiger partial charge on any atom is -0.378 e. The molecule has 0 radical (unpaired) electrons. The van der Waals surface area contributed by atoms with Gasteiger partial charge in [0.2, 0.25) is 0 Å². The van der Waals surface area contributed by atoms with Gasteiger partial charge in [0.25, 0.3) is 0 Å². The molecule has 96 valence electrons. The van der Waals surface area contributed by atoms with E-state index in [1.807, 2.05) is 26.2 Å². The van der Waals surface area contributed by atoms with Crippen molar-refractivity contribution in [3.63, 3.8) is 0 Å². The van der Waals surface area contributed by atoms with Crippen LogP contribution < -0.4 is 4.90 Å². The van der Waals surface area contributed by atoms with Crippen molar-refractivity contribution in [3.8, 4) is 11.3 Å². The largest absolute Gasteiger partial charge is 0.378 e. The molecule has 0 unspecified atom stereocenters. The first-order valence-corrected chi connectivity index (χ1v) is 6.37. The van der Waals surface area contributed by atoms with E-state index in [0.29, 0.717) is 0 Å². The summed E-state index contributed by atoms with van der Waals surface area (Å²) < 4.78 is 2.12. The third kappa shape index (κ3) is 2.08. The van der Waals surface area contributed by atoms with E-state index >= 15 is 0 Å². The lowest BCUT2D eigenvalue weighted by molar-refractivity contribution is 1.09. The minimum atomic E-state index is 0.992. The maximum Gasteiger partial charge on any atom is 0.137 e. The summed E-state index contributed by atoms with van der Waals surface area (Å²) in [5, 5.41) is 0. The van der Waals surface area contributed by atoms with Gasteiger partial charge in [0.15, 0.2) is 0 Å². The Kier molecular flexibility index (Phi) is 2.75. The van der Waals surface area contributed by atoms with Crippen molar-refractivity contribution < 1.29 is 0 Å². The summed E-state index contributed by atoms with van der Waals surface area (Å²) in [5.41, 5.74) is 5.55. The summed E-state index contributed by atoms with van der Waals surface area (Å²) in [6, 6.07) is 14.6. The molecule has 0 saturated carbocycles. The molecule has 19 heavy (non-hydrogen) atoms. The van der Waals surface area contributed by atoms with Crippen LogP contribution in [0, 0.1) is 6.92 Å². The van der Waals surface area contributed by atoms with Gasteiger partial charge in [-0.3, -0.25) is 0 Å². The van der Waals surface area contributed by atoms with Crippen LogP contribution in [0.2, 0.25) is 0 Å². The first kappa shape index (κ1) is 11.8. The van der Waals surface area contributed by atoms with Crippen LogP contribution in [0.25, 0.3) is 16.9 Å². The molecule has 0 N–H and O–H groups in total. The lowest BCUT2D eigenvalue weighted by atomic mass is 10.1. The quantitative estimate of drug-likeness (QED) is 0.696. The number of nitrogens with zero attached hydrogens (tertiary/aromatic N) is 3. The second-order valence-corrected chi connectivity index (χ2v) is 4.96. The predicted molar refractivity (Wildman–Crippen MR) is 79.7 cm³/mol. The Morgan fingerprint density at radius 2 is 1.74 bits per heavy atom. The van der Waals surface area contributed by atoms with Gasteiger partial charge in [-0.1, -0.05) is 18.2 Å². The van der Waals surface area contributed by atoms with Gasteiger partial charge in [-0.2, -0.15) is 0 Å². The SMILES string of the molecule is Cc1cccc2nc(-c3ccc(N(C)C)cc3)cn12. The van der Waals surface area contributed by atoms with Crippen LogP contribution in [0.4, 0.5) is 5.69 Å². The fourth-order valence-electron chi connectivity index (χ4n) is 2.22. The molecule has 2 heterocycles. The highest BCUT2D eigenvalue weighted by atomic mass is 15.1. The van der Waals surface area contributed by atoms with Crippen LogP contribution in [0.5, 0.6) is 0 Å². The zero-order valence-electron chi connectivity index (χ0n) is 11.5. The Bertz CT molecular complexity index is 708. The van der Waals surface area contributed by atoms with E-state index in [1.54, 1.807) is 0 Å². The van der Waals surface area contributed by atoms with Crippen LogP contribution in [0.3, 0.4) is 0 Å². The number of rotatable bonds is 2. The summed E-state index contributed by atoms with van der Waals surface area (Å²) in [5.74, 6) is 0. The van der Waals surface area contributed by atoms with E-state index in [9.17, 15) is 0 Å². The standard InChI is InChI=1S/C16H17N3/c1-12-5-4-6-16-17-15(11-19(12)16)13-7-9-14(10-8-13)18(2)3/h4-11H,1-3H3. The molecule has 0 amide bonds. The van der Waals surface area contributed by atoms with Crippen LogP contribution in [0.15, 0.2) is 48.7 Å². The van der Waals surface area contributed by atoms with Crippen LogP contribution in [0.1, 0.15) is 5.69 Å². The fraction of sp³-hybridized carbons (Fsp3) is 0.188. The van der Waals surface area contributed by atoms with Crippen molar-refractivity contribution in [2.24, 2.45) is 0 Å². The summed E-state index contributed by atoms with van der Waals surface area (Å²) >= 11 is 0. The molecule has 1 aromatic carbocycles. The summed E-state index contributed by atoms with van der Waals surface area (Å²) in [6.07, 6.45) is 2.09. The number of fused-ring (bicyclic) bond motifs is 1. The molecule has 3 heteroatoms. The van der Waals surface area contributed by atoms with Gasteiger partial charge in [0.1, 0.15) is 5.65 Å². The van der Waals surface area contributed by atoms with Crippen molar-refractivity contribution in [1.29, 1.82) is 0 Å². The van der Waals surface area contributed by atoms with Crippen molar-refractivity contribution in [2.75, 3.05) is 19.0 Å². The number of hydrogen-bond acceptors (Lipinski definition) is 2. The van der Waals surface area contributed by atoms with E-state index in [1.165, 1.54) is 11.4 Å². The second-order valence-electron chi connectivity index (χ2n) is 4.96. The number of pyridine rings is 1. The van der Waals surface area contributed by atoms with Gasteiger partial charge in [0.05, 0.1) is 5.69 Å². The molecule has 3 aromatic rings. The molecule has 0 aliphatic carbocycles. The van der Waals surface area contributed by atoms with Gasteiger partial charge in [-0.15, -0.1) is 0 Å². The minimum absolute atomic E-state index is 0.992. The average Bonchev–Trinajstić information content (AvgIpc) is 2.84. The highest BCUT2D eigenvalue weighted by Crippen LogP contribution is 2.22. The van der Waals surface area contributed by atoms with Crippen LogP contribution >= 0.6 is 0 Å². The van der Waals surface area contributed by atoms with Crippen LogP contribution in [-0.4, -0.2) is 23.5 Å². The number of anilines is 1. The predicted octanol–water partition coefficient (Wildman–Crippen LogP) is 3.38. The van der Waals surface area contributed by atoms with E-state index in [4.69, 9.17) is 0 Å². The number of hydrogen-bond donors (Lipinski definition) is 0. The number of benzene rings is 1. The summed E-state index contributed by atoms with van der Waals surface area (Å²) in [4.78, 5) is 6.76. The van der Waals surface area contributed by atoms with Gasteiger partial charge < -0.3 is 9.30 Å². The maximum absolute atomic E-state index is 4.67. The Labute approximate surface area is 113 Å². The smallest absolute Gasteiger partial charge is 0.137 e. The number of imidazole rings is 1. The third-order valence-corrected chi connectivity index (χ3v) is 3.38. The first-order valence-electron chi connectivity index (χ1n) is 6.37. The zero-order chi connectivity index (χ0) is 13.4. The lowest BCUT2D eigenvalue weighted by Crippen LogP contribution is -2.07. The molecule has 0 fully saturated rings. The summed E-state index contributed by atoms with van der Waals surface area (Å²) in [6.45, 7) is 2.09. The van der Waals surface area contributed by atoms with Gasteiger partial charge in [-0.05, 0) is 31.2 Å². The second kappa shape index (κ2) is 4.43. The molecular weight excluding hydrogens is 234 g/mol. The van der Waals surface area contributed by atoms with E-state index in [2.05, 4.69) is 57.7 Å². The normalized spacial score (nSPS) is 10.9. The molecule has 2 aromatic heterocycles. The van der Waals surface area contributed by atoms with E-state index < -0.39 is 0 Å². The van der Waals surface area contributed by atoms with Crippen LogP contribution in [-0.2, 0) is 0 Å². The van der Waals surface area contributed by atoms with Crippen molar-refractivity contribution in [2.45, 2.75) is 6.92 Å². The van der Waals surface area contributed by atoms with Gasteiger partial charge in [0, 0.05) is 37.2 Å². The van der Waals surface area contributed by atoms with Crippen molar-refractivity contribution >= 4 is 11.3 Å². The monoisotopic (exact) mass is 251 g/mol. The number of aromatic nitrogens is 2. The fourth-order valence-corrected chi connectivity index (χ4v) is 2.22. The molecule has 0 spiro atoms. The van der Waals surface area contributed by atoms with E-state index in [0.717, 1.165) is 16.9 Å². The molecule has 0 saturated heterocycles. The van der Waals surface area contributed by atoms with Crippen molar-refractivity contribution in [3.05, 3.63) is 54.4 Å². The Morgan fingerprint density at radius 1 is 1.00 bits per heavy atom. The highest BCUT2D eigenvalue weighted by Gasteiger charge is 2.05. The molecule has 3 nitrogen and oxygen atoms in total. The molecule has 0 aliphatic rings. The van der Waals surface area contributed by atoms with E-state index in [-0.39, 0.29) is 0 Å². The van der Waals surface area contributed by atoms with Crippen molar-refractivity contribution in [1.82, 2.24) is 9.38 Å². The maximum atomic E-state index is 4.67. The Hall–Kier alpha value is -2.29. The Balaban J connectivity index is 2.06. The van der Waals surface area contributed by atoms with Gasteiger partial charge >= 0.3 is 0 Å². The molecule has 0 aliphatic heterocycles. The summed E-state index contributed by atoms with van der Waals surface area (Å²) in [7, 11) is 4.09. The number of aryl methyl sites for hydroxylation is 1. The topological polar surface area (TPSA) is 20.5 Å². The Morgan fingerprint density at radius 3 is 2.37 bits per heavy atom. The van der Waals surface area contributed by atoms with Gasteiger partial charge in [-0.25, -0.2) is 4.98 Å². The molecule has 3 rings (SSSR count). The molecular formula is C16H17N3. The zero-order valence-corrected chi connectivity index (χ0v) is 11.5. The molecule has 0 bridgehead atoms. The average molecular weight is 251 g/mol.